The summed E-state index contributed by atoms with van der Waals surface area (Å²) < 4.78 is 10.5. The summed E-state index contributed by atoms with van der Waals surface area (Å²) in [6.45, 7) is 2.08. The van der Waals surface area contributed by atoms with Gasteiger partial charge >= 0.3 is 0 Å². The van der Waals surface area contributed by atoms with E-state index in [2.05, 4.69) is 22.0 Å². The number of ether oxygens (including phenoxy) is 1. The summed E-state index contributed by atoms with van der Waals surface area (Å²) in [5.74, 6) is 0.939. The zero-order valence-electron chi connectivity index (χ0n) is 10.5. The average molecular weight is 248 g/mol. The molecule has 2 heterocycles. The van der Waals surface area contributed by atoms with Gasteiger partial charge in [0.1, 0.15) is 6.10 Å². The highest BCUT2D eigenvalue weighted by molar-refractivity contribution is 5.68. The molecule has 0 bridgehead atoms. The molecule has 0 fully saturated rings. The number of hydrogen-bond donors (Lipinski definition) is 1. The van der Waals surface area contributed by atoms with Crippen LogP contribution in [0.25, 0.3) is 11.5 Å². The summed E-state index contributed by atoms with van der Waals surface area (Å²) in [5, 5.41) is 3.94. The van der Waals surface area contributed by atoms with Gasteiger partial charge in [0.05, 0.1) is 17.4 Å². The Balaban J connectivity index is 2.28. The van der Waals surface area contributed by atoms with Crippen LogP contribution in [-0.4, -0.2) is 22.2 Å². The maximum absolute atomic E-state index is 5.81. The molecule has 1 atom stereocenters. The SMILES string of the molecule is CCCC(OC)c1noc(-c2ccncc2N)n1. The van der Waals surface area contributed by atoms with Gasteiger partial charge in [-0.3, -0.25) is 4.98 Å². The second-order valence-corrected chi connectivity index (χ2v) is 3.93. The molecule has 0 aliphatic carbocycles. The summed E-state index contributed by atoms with van der Waals surface area (Å²) in [6, 6.07) is 1.74. The Morgan fingerprint density at radius 1 is 1.50 bits per heavy atom. The molecule has 18 heavy (non-hydrogen) atoms. The molecule has 0 saturated carbocycles. The maximum atomic E-state index is 5.81. The number of rotatable bonds is 5. The van der Waals surface area contributed by atoms with Crippen molar-refractivity contribution < 1.29 is 9.26 Å². The maximum Gasteiger partial charge on any atom is 0.260 e. The number of aromatic nitrogens is 3. The Bertz CT molecular complexity index is 512. The number of methoxy groups -OCH3 is 1. The van der Waals surface area contributed by atoms with Crippen LogP contribution < -0.4 is 5.73 Å². The molecule has 0 aliphatic rings. The van der Waals surface area contributed by atoms with Crippen molar-refractivity contribution in [3.8, 4) is 11.5 Å². The molecule has 0 aromatic carbocycles. The molecule has 96 valence electrons. The molecule has 2 aromatic heterocycles. The molecule has 0 aliphatic heterocycles. The number of nitrogen functional groups attached to an aromatic ring is 1. The lowest BCUT2D eigenvalue weighted by atomic mass is 10.2. The van der Waals surface area contributed by atoms with Crippen molar-refractivity contribution in [1.29, 1.82) is 0 Å². The molecule has 6 heteroatoms. The van der Waals surface area contributed by atoms with E-state index >= 15 is 0 Å². The van der Waals surface area contributed by atoms with Crippen LogP contribution in [0.1, 0.15) is 31.7 Å². The summed E-state index contributed by atoms with van der Waals surface area (Å²) in [4.78, 5) is 8.24. The molecule has 2 aromatic rings. The molecule has 6 nitrogen and oxygen atoms in total. The Hall–Kier alpha value is -1.95. The third kappa shape index (κ3) is 2.48. The zero-order valence-corrected chi connectivity index (χ0v) is 10.5. The molecule has 2 N–H and O–H groups in total. The fraction of sp³-hybridized carbons (Fsp3) is 0.417. The molecule has 0 spiro atoms. The second kappa shape index (κ2) is 5.59. The van der Waals surface area contributed by atoms with Gasteiger partial charge in [0.25, 0.3) is 5.89 Å². The van der Waals surface area contributed by atoms with E-state index in [1.807, 2.05) is 0 Å². The van der Waals surface area contributed by atoms with Gasteiger partial charge in [-0.05, 0) is 12.5 Å². The normalized spacial score (nSPS) is 12.6. The van der Waals surface area contributed by atoms with Crippen molar-refractivity contribution >= 4 is 5.69 Å². The molecule has 1 unspecified atom stereocenters. The number of nitrogens with zero attached hydrogens (tertiary/aromatic N) is 3. The minimum atomic E-state index is -0.143. The van der Waals surface area contributed by atoms with Gasteiger partial charge in [-0.1, -0.05) is 18.5 Å². The first-order valence-corrected chi connectivity index (χ1v) is 5.82. The first-order chi connectivity index (χ1) is 8.76. The highest BCUT2D eigenvalue weighted by Crippen LogP contribution is 2.26. The van der Waals surface area contributed by atoms with Crippen molar-refractivity contribution in [2.45, 2.75) is 25.9 Å². The predicted molar refractivity (Wildman–Crippen MR) is 66.6 cm³/mol. The highest BCUT2D eigenvalue weighted by Gasteiger charge is 2.18. The topological polar surface area (TPSA) is 87.1 Å². The Morgan fingerprint density at radius 2 is 2.33 bits per heavy atom. The number of nitrogens with two attached hydrogens (primary N) is 1. The van der Waals surface area contributed by atoms with Crippen molar-refractivity contribution in [3.05, 3.63) is 24.3 Å². The van der Waals surface area contributed by atoms with E-state index in [4.69, 9.17) is 15.0 Å². The van der Waals surface area contributed by atoms with Crippen molar-refractivity contribution in [2.24, 2.45) is 0 Å². The van der Waals surface area contributed by atoms with Gasteiger partial charge in [-0.15, -0.1) is 0 Å². The van der Waals surface area contributed by atoms with Gasteiger partial charge < -0.3 is 15.0 Å². The quantitative estimate of drug-likeness (QED) is 0.872. The largest absolute Gasteiger partial charge is 0.397 e. The summed E-state index contributed by atoms with van der Waals surface area (Å²) in [6.07, 6.45) is 4.88. The van der Waals surface area contributed by atoms with Crippen LogP contribution in [0.4, 0.5) is 5.69 Å². The Kier molecular flexibility index (Phi) is 3.88. The van der Waals surface area contributed by atoms with Crippen molar-refractivity contribution in [1.82, 2.24) is 15.1 Å². The van der Waals surface area contributed by atoms with Crippen LogP contribution in [0.15, 0.2) is 23.0 Å². The molecule has 2 rings (SSSR count). The van der Waals surface area contributed by atoms with Gasteiger partial charge in [-0.2, -0.15) is 4.98 Å². The number of pyridine rings is 1. The van der Waals surface area contributed by atoms with E-state index in [1.165, 1.54) is 0 Å². The fourth-order valence-electron chi connectivity index (χ4n) is 1.69. The minimum Gasteiger partial charge on any atom is -0.397 e. The number of anilines is 1. The van der Waals surface area contributed by atoms with Gasteiger partial charge in [0, 0.05) is 13.3 Å². The van der Waals surface area contributed by atoms with Crippen LogP contribution in [0.3, 0.4) is 0 Å². The fourth-order valence-corrected chi connectivity index (χ4v) is 1.69. The monoisotopic (exact) mass is 248 g/mol. The molecular formula is C12H16N4O2. The Morgan fingerprint density at radius 3 is 3.00 bits per heavy atom. The van der Waals surface area contributed by atoms with E-state index in [9.17, 15) is 0 Å². The van der Waals surface area contributed by atoms with Crippen LogP contribution in [0.2, 0.25) is 0 Å². The van der Waals surface area contributed by atoms with E-state index in [0.717, 1.165) is 12.8 Å². The van der Waals surface area contributed by atoms with Crippen LogP contribution in [0.5, 0.6) is 0 Å². The summed E-state index contributed by atoms with van der Waals surface area (Å²) in [5.41, 5.74) is 7.01. The first kappa shape index (κ1) is 12.5. The highest BCUT2D eigenvalue weighted by atomic mass is 16.5. The lowest BCUT2D eigenvalue weighted by Gasteiger charge is -2.08. The first-order valence-electron chi connectivity index (χ1n) is 5.82. The van der Waals surface area contributed by atoms with E-state index in [-0.39, 0.29) is 6.10 Å². The smallest absolute Gasteiger partial charge is 0.260 e. The third-order valence-corrected chi connectivity index (χ3v) is 2.65. The second-order valence-electron chi connectivity index (χ2n) is 3.93. The van der Waals surface area contributed by atoms with Gasteiger partial charge in [0.15, 0.2) is 0 Å². The lowest BCUT2D eigenvalue weighted by Crippen LogP contribution is -2.03. The van der Waals surface area contributed by atoms with E-state index < -0.39 is 0 Å². The summed E-state index contributed by atoms with van der Waals surface area (Å²) in [7, 11) is 1.64. The molecule has 0 saturated heterocycles. The molecular weight excluding hydrogens is 232 g/mol. The van der Waals surface area contributed by atoms with Crippen molar-refractivity contribution in [2.75, 3.05) is 12.8 Å². The molecule has 0 amide bonds. The van der Waals surface area contributed by atoms with Crippen LogP contribution in [0, 0.1) is 0 Å². The molecule has 0 radical (unpaired) electrons. The third-order valence-electron chi connectivity index (χ3n) is 2.65. The van der Waals surface area contributed by atoms with Crippen LogP contribution in [-0.2, 0) is 4.74 Å². The van der Waals surface area contributed by atoms with Crippen molar-refractivity contribution in [3.63, 3.8) is 0 Å². The zero-order chi connectivity index (χ0) is 13.0. The van der Waals surface area contributed by atoms with E-state index in [0.29, 0.717) is 23.0 Å². The van der Waals surface area contributed by atoms with E-state index in [1.54, 1.807) is 25.6 Å². The standard InChI is InChI=1S/C12H16N4O2/c1-3-4-10(17-2)11-15-12(18-16-11)8-5-6-14-7-9(8)13/h5-7,10H,3-4,13H2,1-2H3. The predicted octanol–water partition coefficient (Wildman–Crippen LogP) is 2.20. The van der Waals surface area contributed by atoms with Gasteiger partial charge in [-0.25, -0.2) is 0 Å². The van der Waals surface area contributed by atoms with Crippen LogP contribution >= 0.6 is 0 Å². The number of hydrogen-bond acceptors (Lipinski definition) is 6. The van der Waals surface area contributed by atoms with Gasteiger partial charge in [0.2, 0.25) is 5.82 Å². The minimum absolute atomic E-state index is 0.143. The average Bonchev–Trinajstić information content (AvgIpc) is 2.85. The Labute approximate surface area is 105 Å². The summed E-state index contributed by atoms with van der Waals surface area (Å²) >= 11 is 0. The lowest BCUT2D eigenvalue weighted by molar-refractivity contribution is 0.0854.